The van der Waals surface area contributed by atoms with Crippen molar-refractivity contribution in [3.63, 3.8) is 0 Å². The summed E-state index contributed by atoms with van der Waals surface area (Å²) in [6.07, 6.45) is 7.34. The standard InChI is InChI=1S/C22H23ClN2O2S/c23-18-7-3-5-17(15-18)6-4-14-28(26,27)22-16-25(19-10-12-24-13-11-19)21-9-2-1-8-20(21)22/h1-9,15-16,19,24H,10-14H2. The van der Waals surface area contributed by atoms with Crippen LogP contribution in [0.15, 0.2) is 65.7 Å². The van der Waals surface area contributed by atoms with Crippen molar-refractivity contribution < 1.29 is 8.42 Å². The smallest absolute Gasteiger partial charge is 0.184 e. The molecule has 1 aliphatic rings. The number of para-hydroxylation sites is 1. The van der Waals surface area contributed by atoms with E-state index in [0.29, 0.717) is 16.0 Å². The molecule has 1 N–H and O–H groups in total. The van der Waals surface area contributed by atoms with Crippen molar-refractivity contribution in [2.24, 2.45) is 0 Å². The molecule has 146 valence electrons. The second-order valence-corrected chi connectivity index (χ2v) is 9.58. The van der Waals surface area contributed by atoms with Crippen LogP contribution in [0.3, 0.4) is 0 Å². The first kappa shape index (κ1) is 19.2. The molecule has 0 spiro atoms. The van der Waals surface area contributed by atoms with Gasteiger partial charge < -0.3 is 9.88 Å². The van der Waals surface area contributed by atoms with Gasteiger partial charge in [-0.25, -0.2) is 8.42 Å². The summed E-state index contributed by atoms with van der Waals surface area (Å²) in [7, 11) is -3.44. The van der Waals surface area contributed by atoms with Crippen LogP contribution in [0.4, 0.5) is 0 Å². The summed E-state index contributed by atoms with van der Waals surface area (Å²) in [4.78, 5) is 0.414. The maximum Gasteiger partial charge on any atom is 0.184 e. The number of nitrogens with one attached hydrogen (secondary N) is 1. The van der Waals surface area contributed by atoms with Crippen molar-refractivity contribution >= 4 is 38.4 Å². The third kappa shape index (κ3) is 4.02. The van der Waals surface area contributed by atoms with Gasteiger partial charge in [0.15, 0.2) is 9.84 Å². The number of hydrogen-bond acceptors (Lipinski definition) is 3. The van der Waals surface area contributed by atoms with E-state index in [-0.39, 0.29) is 5.75 Å². The lowest BCUT2D eigenvalue weighted by molar-refractivity contribution is 0.375. The molecule has 0 radical (unpaired) electrons. The fourth-order valence-corrected chi connectivity index (χ4v) is 5.33. The Bertz CT molecular complexity index is 1110. The molecule has 4 rings (SSSR count). The van der Waals surface area contributed by atoms with Gasteiger partial charge in [0.2, 0.25) is 0 Å². The number of aromatic nitrogens is 1. The fourth-order valence-electron chi connectivity index (χ4n) is 3.82. The summed E-state index contributed by atoms with van der Waals surface area (Å²) in [6.45, 7) is 1.92. The molecule has 1 saturated heterocycles. The quantitative estimate of drug-likeness (QED) is 0.658. The monoisotopic (exact) mass is 414 g/mol. The van der Waals surface area contributed by atoms with Gasteiger partial charge in [0, 0.05) is 28.2 Å². The summed E-state index contributed by atoms with van der Waals surface area (Å²) in [5, 5.41) is 4.80. The highest BCUT2D eigenvalue weighted by Crippen LogP contribution is 2.31. The molecular formula is C22H23ClN2O2S. The number of rotatable bonds is 5. The number of nitrogens with zero attached hydrogens (tertiary/aromatic N) is 1. The maximum absolute atomic E-state index is 13.1. The van der Waals surface area contributed by atoms with Crippen LogP contribution in [0.25, 0.3) is 17.0 Å². The van der Waals surface area contributed by atoms with E-state index < -0.39 is 9.84 Å². The van der Waals surface area contributed by atoms with Crippen LogP contribution in [0.5, 0.6) is 0 Å². The molecule has 0 aliphatic carbocycles. The molecule has 2 heterocycles. The minimum atomic E-state index is -3.44. The lowest BCUT2D eigenvalue weighted by atomic mass is 10.1. The lowest BCUT2D eigenvalue weighted by Crippen LogP contribution is -2.29. The molecule has 2 aromatic carbocycles. The van der Waals surface area contributed by atoms with Crippen molar-refractivity contribution in [1.29, 1.82) is 0 Å². The molecule has 4 nitrogen and oxygen atoms in total. The summed E-state index contributed by atoms with van der Waals surface area (Å²) >= 11 is 5.99. The van der Waals surface area contributed by atoms with Gasteiger partial charge in [-0.05, 0) is 49.7 Å². The minimum absolute atomic E-state index is 0.0419. The van der Waals surface area contributed by atoms with Crippen molar-refractivity contribution in [1.82, 2.24) is 9.88 Å². The minimum Gasteiger partial charge on any atom is -0.343 e. The SMILES string of the molecule is O=S(=O)(CC=Cc1cccc(Cl)c1)c1cn(C2CCNCC2)c2ccccc12. The number of fused-ring (bicyclic) bond motifs is 1. The van der Waals surface area contributed by atoms with E-state index in [2.05, 4.69) is 9.88 Å². The van der Waals surface area contributed by atoms with Crippen molar-refractivity contribution in [2.45, 2.75) is 23.8 Å². The van der Waals surface area contributed by atoms with Crippen molar-refractivity contribution in [2.75, 3.05) is 18.8 Å². The molecule has 1 aliphatic heterocycles. The highest BCUT2D eigenvalue weighted by Gasteiger charge is 2.23. The first-order chi connectivity index (χ1) is 13.5. The van der Waals surface area contributed by atoms with E-state index in [1.807, 2.05) is 48.7 Å². The van der Waals surface area contributed by atoms with Gasteiger partial charge >= 0.3 is 0 Å². The van der Waals surface area contributed by atoms with Crippen molar-refractivity contribution in [3.8, 4) is 0 Å². The third-order valence-electron chi connectivity index (χ3n) is 5.22. The zero-order chi connectivity index (χ0) is 19.6. The largest absolute Gasteiger partial charge is 0.343 e. The van der Waals surface area contributed by atoms with Crippen LogP contribution in [0.2, 0.25) is 5.02 Å². The number of sulfone groups is 1. The van der Waals surface area contributed by atoms with Gasteiger partial charge in [-0.3, -0.25) is 0 Å². The van der Waals surface area contributed by atoms with Gasteiger partial charge in [0.1, 0.15) is 0 Å². The number of hydrogen-bond donors (Lipinski definition) is 1. The topological polar surface area (TPSA) is 51.1 Å². The Morgan fingerprint density at radius 1 is 1.11 bits per heavy atom. The van der Waals surface area contributed by atoms with Crippen LogP contribution >= 0.6 is 11.6 Å². The normalized spacial score (nSPS) is 16.2. The van der Waals surface area contributed by atoms with Crippen LogP contribution in [0.1, 0.15) is 24.4 Å². The molecule has 28 heavy (non-hydrogen) atoms. The van der Waals surface area contributed by atoms with E-state index >= 15 is 0 Å². The van der Waals surface area contributed by atoms with Gasteiger partial charge in [-0.15, -0.1) is 0 Å². The molecule has 0 unspecified atom stereocenters. The fraction of sp³-hybridized carbons (Fsp3) is 0.273. The average molecular weight is 415 g/mol. The Morgan fingerprint density at radius 3 is 2.68 bits per heavy atom. The van der Waals surface area contributed by atoms with Crippen LogP contribution < -0.4 is 5.32 Å². The Kier molecular flexibility index (Phi) is 5.58. The molecule has 1 fully saturated rings. The van der Waals surface area contributed by atoms with E-state index in [0.717, 1.165) is 42.4 Å². The number of halogens is 1. The number of benzene rings is 2. The van der Waals surface area contributed by atoms with Gasteiger partial charge in [-0.2, -0.15) is 0 Å². The average Bonchev–Trinajstić information content (AvgIpc) is 3.09. The van der Waals surface area contributed by atoms with Crippen LogP contribution in [0, 0.1) is 0 Å². The van der Waals surface area contributed by atoms with Crippen molar-refractivity contribution in [3.05, 3.63) is 71.4 Å². The summed E-state index contributed by atoms with van der Waals surface area (Å²) in [5.74, 6) is -0.0419. The van der Waals surface area contributed by atoms with Gasteiger partial charge in [0.05, 0.1) is 10.6 Å². The Morgan fingerprint density at radius 2 is 1.89 bits per heavy atom. The molecule has 6 heteroatoms. The van der Waals surface area contributed by atoms with Crippen LogP contribution in [-0.4, -0.2) is 31.8 Å². The first-order valence-corrected chi connectivity index (χ1v) is 11.5. The van der Waals surface area contributed by atoms with Crippen LogP contribution in [-0.2, 0) is 9.84 Å². The Labute approximate surface area is 170 Å². The second kappa shape index (κ2) is 8.11. The molecule has 3 aromatic rings. The predicted octanol–water partition coefficient (Wildman–Crippen LogP) is 4.71. The summed E-state index contributed by atoms with van der Waals surface area (Å²) in [6, 6.07) is 15.5. The van der Waals surface area contributed by atoms with Gasteiger partial charge in [-0.1, -0.05) is 54.1 Å². The Balaban J connectivity index is 1.65. The van der Waals surface area contributed by atoms with E-state index in [9.17, 15) is 8.42 Å². The molecule has 0 bridgehead atoms. The summed E-state index contributed by atoms with van der Waals surface area (Å²) < 4.78 is 28.3. The molecule has 0 atom stereocenters. The molecule has 0 saturated carbocycles. The highest BCUT2D eigenvalue weighted by molar-refractivity contribution is 7.91. The predicted molar refractivity (Wildman–Crippen MR) is 116 cm³/mol. The Hall–Kier alpha value is -2.08. The zero-order valence-corrected chi connectivity index (χ0v) is 17.1. The van der Waals surface area contributed by atoms with E-state index in [4.69, 9.17) is 11.6 Å². The summed E-state index contributed by atoms with van der Waals surface area (Å²) in [5.41, 5.74) is 1.88. The second-order valence-electron chi connectivity index (χ2n) is 7.14. The molecular weight excluding hydrogens is 392 g/mol. The van der Waals surface area contributed by atoms with Gasteiger partial charge in [0.25, 0.3) is 0 Å². The van der Waals surface area contributed by atoms with E-state index in [1.165, 1.54) is 0 Å². The first-order valence-electron chi connectivity index (χ1n) is 9.50. The zero-order valence-electron chi connectivity index (χ0n) is 15.5. The number of piperidine rings is 1. The maximum atomic E-state index is 13.1. The molecule has 0 amide bonds. The highest BCUT2D eigenvalue weighted by atomic mass is 35.5. The van der Waals surface area contributed by atoms with E-state index in [1.54, 1.807) is 18.2 Å². The lowest BCUT2D eigenvalue weighted by Gasteiger charge is -2.25. The third-order valence-corrected chi connectivity index (χ3v) is 7.08. The molecule has 1 aromatic heterocycles.